The summed E-state index contributed by atoms with van der Waals surface area (Å²) in [6.07, 6.45) is -5.23. The molecule has 0 bridgehead atoms. The van der Waals surface area contributed by atoms with Crippen molar-refractivity contribution in [3.8, 4) is 0 Å². The predicted molar refractivity (Wildman–Crippen MR) is 156 cm³/mol. The summed E-state index contributed by atoms with van der Waals surface area (Å²) in [6, 6.07) is 0. The summed E-state index contributed by atoms with van der Waals surface area (Å²) in [5.41, 5.74) is -6.05. The lowest BCUT2D eigenvalue weighted by atomic mass is 9.41. The summed E-state index contributed by atoms with van der Waals surface area (Å²) in [4.78, 5) is 66.2. The van der Waals surface area contributed by atoms with Gasteiger partial charge in [-0.15, -0.1) is 0 Å². The number of ether oxygens (including phenoxy) is 5. The van der Waals surface area contributed by atoms with Gasteiger partial charge in [-0.05, 0) is 38.2 Å². The number of ketones is 1. The Morgan fingerprint density at radius 2 is 1.45 bits per heavy atom. The van der Waals surface area contributed by atoms with E-state index in [0.29, 0.717) is 0 Å². The van der Waals surface area contributed by atoms with Crippen LogP contribution in [0.5, 0.6) is 0 Å². The van der Waals surface area contributed by atoms with Crippen molar-refractivity contribution in [3.05, 3.63) is 11.8 Å². The second kappa shape index (κ2) is 9.86. The number of carbonyl (C=O) groups is 5. The molecule has 0 amide bonds. The highest BCUT2D eigenvalue weighted by molar-refractivity contribution is 5.89. The van der Waals surface area contributed by atoms with Gasteiger partial charge < -0.3 is 39.0 Å². The van der Waals surface area contributed by atoms with Crippen molar-refractivity contribution < 1.29 is 63.0 Å². The molecular weight excluding hydrogens is 616 g/mol. The normalized spacial score (nSPS) is 55.1. The molecule has 7 rings (SSSR count). The first-order valence-electron chi connectivity index (χ1n) is 16.5. The van der Waals surface area contributed by atoms with Crippen LogP contribution in [0.2, 0.25) is 0 Å². The molecule has 4 saturated carbocycles. The molecule has 1 unspecified atom stereocenters. The molecular formula is C34H44O13. The maximum absolute atomic E-state index is 14.7. The minimum absolute atomic E-state index is 0.209. The lowest BCUT2D eigenvalue weighted by Gasteiger charge is -2.64. The number of Topliss-reactive ketones (excluding diaryl/α,β-unsaturated/α-hetero) is 1. The van der Waals surface area contributed by atoms with Crippen molar-refractivity contribution in [2.24, 2.45) is 57.7 Å². The molecule has 0 aromatic heterocycles. The largest absolute Gasteiger partial charge is 0.459 e. The van der Waals surface area contributed by atoms with Gasteiger partial charge in [0.1, 0.15) is 36.3 Å². The number of hydrogen-bond acceptors (Lipinski definition) is 13. The van der Waals surface area contributed by atoms with Crippen molar-refractivity contribution in [1.29, 1.82) is 0 Å². The third kappa shape index (κ3) is 3.82. The molecule has 47 heavy (non-hydrogen) atoms. The maximum Gasteiger partial charge on any atom is 0.343 e. The Labute approximate surface area is 272 Å². The van der Waals surface area contributed by atoms with Crippen molar-refractivity contribution in [1.82, 2.24) is 0 Å². The molecule has 13 nitrogen and oxygen atoms in total. The van der Waals surface area contributed by atoms with E-state index in [9.17, 15) is 39.3 Å². The van der Waals surface area contributed by atoms with Gasteiger partial charge in [0.15, 0.2) is 11.4 Å². The van der Waals surface area contributed by atoms with Crippen LogP contribution >= 0.6 is 0 Å². The summed E-state index contributed by atoms with van der Waals surface area (Å²) in [5, 5.41) is 36.2. The van der Waals surface area contributed by atoms with Gasteiger partial charge in [0, 0.05) is 61.2 Å². The molecule has 7 aliphatic rings. The van der Waals surface area contributed by atoms with Gasteiger partial charge in [-0.1, -0.05) is 20.8 Å². The molecule has 18 atom stereocenters. The molecule has 2 saturated heterocycles. The Morgan fingerprint density at radius 1 is 0.851 bits per heavy atom. The second-order valence-corrected chi connectivity index (χ2v) is 15.9. The quantitative estimate of drug-likeness (QED) is 0.219. The first kappa shape index (κ1) is 32.7. The number of carbonyl (C=O) groups excluding carboxylic acids is 5. The highest BCUT2D eigenvalue weighted by atomic mass is 16.6. The van der Waals surface area contributed by atoms with Crippen LogP contribution in [0.25, 0.3) is 0 Å². The molecule has 0 spiro atoms. The summed E-state index contributed by atoms with van der Waals surface area (Å²) >= 11 is 0. The highest BCUT2D eigenvalue weighted by Gasteiger charge is 2.83. The fraction of sp³-hybridized carbons (Fsp3) is 0.794. The molecule has 2 aliphatic heterocycles. The molecule has 258 valence electrons. The topological polar surface area (TPSA) is 195 Å². The van der Waals surface area contributed by atoms with Crippen LogP contribution in [0, 0.1) is 57.7 Å². The minimum atomic E-state index is -2.06. The van der Waals surface area contributed by atoms with Gasteiger partial charge in [-0.3, -0.25) is 19.2 Å². The SMILES string of the molecule is CC(=O)O[C@H]1[C@H]2[C@@H](C(=O)[C@H](O)[C@H]3C[C@@H]4O[C@@H]4[C@H](OC(C)=O)[C@]23C)[C@@H]2[C@@H](O)C3[C@H]([C@H](C)C=C4OC(=O)[C@](C)(O)[C@@]43C)[C@@]2(C)[C@H]1OC(C)=O. The summed E-state index contributed by atoms with van der Waals surface area (Å²) < 4.78 is 29.7. The van der Waals surface area contributed by atoms with E-state index in [1.165, 1.54) is 27.7 Å². The Balaban J connectivity index is 1.49. The maximum atomic E-state index is 14.7. The Hall–Kier alpha value is -2.87. The van der Waals surface area contributed by atoms with Gasteiger partial charge in [0.2, 0.25) is 0 Å². The van der Waals surface area contributed by atoms with Gasteiger partial charge in [-0.25, -0.2) is 4.79 Å². The Morgan fingerprint density at radius 3 is 2.04 bits per heavy atom. The standard InChI is InChI=1S/C34H44O13/c1-11-9-17-33(7,34(8,42)30(41)47-17)22-19(11)32(6)20(25(22)40)18-21(27(43-12(2)35)29(32)45-14(4)37)31(5)15(23(38)24(18)39)10-16-26(46-16)28(31)44-13(3)36/h9,11,15-16,18-23,25-29,38,40,42H,10H2,1-8H3/t11-,15-,16+,18+,19+,20-,21-,22?,23-,25-,26+,27+,28+,29+,31+,32-,33+,34+/m1/s1. The van der Waals surface area contributed by atoms with E-state index < -0.39 is 130 Å². The van der Waals surface area contributed by atoms with Crippen LogP contribution < -0.4 is 0 Å². The van der Waals surface area contributed by atoms with Crippen molar-refractivity contribution in [2.45, 2.75) is 110 Å². The van der Waals surface area contributed by atoms with Crippen LogP contribution in [-0.2, 0) is 47.7 Å². The number of esters is 4. The van der Waals surface area contributed by atoms with Gasteiger partial charge in [-0.2, -0.15) is 0 Å². The molecule has 3 N–H and O–H groups in total. The first-order valence-corrected chi connectivity index (χ1v) is 16.5. The van der Waals surface area contributed by atoms with Crippen molar-refractivity contribution in [2.75, 3.05) is 0 Å². The van der Waals surface area contributed by atoms with E-state index in [0.717, 1.165) is 0 Å². The number of epoxide rings is 1. The summed E-state index contributed by atoms with van der Waals surface area (Å²) in [7, 11) is 0. The molecule has 13 heteroatoms. The first-order chi connectivity index (χ1) is 21.7. The smallest absolute Gasteiger partial charge is 0.343 e. The van der Waals surface area contributed by atoms with Crippen LogP contribution in [0.4, 0.5) is 0 Å². The van der Waals surface area contributed by atoms with E-state index >= 15 is 0 Å². The summed E-state index contributed by atoms with van der Waals surface area (Å²) in [6.45, 7) is 12.1. The van der Waals surface area contributed by atoms with Crippen LogP contribution in [0.1, 0.15) is 61.8 Å². The molecule has 2 heterocycles. The third-order valence-corrected chi connectivity index (χ3v) is 13.8. The average Bonchev–Trinajstić information content (AvgIpc) is 3.65. The average molecular weight is 661 g/mol. The van der Waals surface area contributed by atoms with Gasteiger partial charge in [0.05, 0.1) is 17.6 Å². The fourth-order valence-electron chi connectivity index (χ4n) is 11.9. The van der Waals surface area contributed by atoms with Crippen molar-refractivity contribution in [3.63, 3.8) is 0 Å². The lowest BCUT2D eigenvalue weighted by Crippen LogP contribution is -2.74. The van der Waals surface area contributed by atoms with Crippen LogP contribution in [0.3, 0.4) is 0 Å². The van der Waals surface area contributed by atoms with E-state index in [-0.39, 0.29) is 18.3 Å². The highest BCUT2D eigenvalue weighted by Crippen LogP contribution is 2.75. The third-order valence-electron chi connectivity index (χ3n) is 13.8. The number of aliphatic hydroxyl groups excluding tert-OH is 2. The molecule has 5 aliphatic carbocycles. The van der Waals surface area contributed by atoms with E-state index in [2.05, 4.69) is 0 Å². The second-order valence-electron chi connectivity index (χ2n) is 15.9. The van der Waals surface area contributed by atoms with E-state index in [4.69, 9.17) is 23.7 Å². The zero-order chi connectivity index (χ0) is 34.5. The van der Waals surface area contributed by atoms with E-state index in [1.54, 1.807) is 26.8 Å². The monoisotopic (exact) mass is 660 g/mol. The Bertz CT molecular complexity index is 1500. The lowest BCUT2D eigenvalue weighted by molar-refractivity contribution is -0.266. The number of hydrogen-bond donors (Lipinski definition) is 3. The summed E-state index contributed by atoms with van der Waals surface area (Å²) in [5.74, 6) is -9.17. The minimum Gasteiger partial charge on any atom is -0.459 e. The van der Waals surface area contributed by atoms with Crippen LogP contribution in [-0.4, -0.2) is 93.3 Å². The zero-order valence-electron chi connectivity index (χ0n) is 27.8. The number of allylic oxidation sites excluding steroid dienone is 1. The number of fused-ring (bicyclic) bond motifs is 10. The fourth-order valence-corrected chi connectivity index (χ4v) is 11.9. The van der Waals surface area contributed by atoms with Crippen LogP contribution in [0.15, 0.2) is 11.8 Å². The Kier molecular flexibility index (Phi) is 6.85. The molecule has 6 fully saturated rings. The van der Waals surface area contributed by atoms with E-state index in [1.807, 2.05) is 6.92 Å². The van der Waals surface area contributed by atoms with Gasteiger partial charge in [0.25, 0.3) is 0 Å². The predicted octanol–water partition coefficient (Wildman–Crippen LogP) is 0.842. The number of aliphatic hydroxyl groups is 3. The molecule has 0 radical (unpaired) electrons. The zero-order valence-corrected chi connectivity index (χ0v) is 27.8. The molecule has 0 aromatic carbocycles. The van der Waals surface area contributed by atoms with Crippen molar-refractivity contribution >= 4 is 29.7 Å². The molecule has 0 aromatic rings. The number of rotatable bonds is 3. The van der Waals surface area contributed by atoms with Gasteiger partial charge >= 0.3 is 23.9 Å².